The van der Waals surface area contributed by atoms with Crippen molar-refractivity contribution in [2.24, 2.45) is 28.6 Å². The second-order valence-electron chi connectivity index (χ2n) is 9.47. The van der Waals surface area contributed by atoms with Crippen LogP contribution in [0.1, 0.15) is 58.8 Å². The highest BCUT2D eigenvalue weighted by Crippen LogP contribution is 2.69. The minimum absolute atomic E-state index is 0.0346. The predicted molar refractivity (Wildman–Crippen MR) is 94.0 cm³/mol. The molecule has 0 aromatic rings. The maximum Gasteiger partial charge on any atom is 0.161 e. The van der Waals surface area contributed by atoms with Crippen molar-refractivity contribution in [3.63, 3.8) is 0 Å². The van der Waals surface area contributed by atoms with Crippen molar-refractivity contribution in [3.8, 4) is 0 Å². The molecule has 0 heterocycles. The van der Waals surface area contributed by atoms with E-state index < -0.39 is 29.2 Å². The third-order valence-electron chi connectivity index (χ3n) is 8.58. The summed E-state index contributed by atoms with van der Waals surface area (Å²) in [6.07, 6.45) is 4.23. The minimum Gasteiger partial charge on any atom is -0.390 e. The lowest BCUT2D eigenvalue weighted by molar-refractivity contribution is -0.208. The number of hydrogen-bond donors (Lipinski definition) is 2. The molecule has 2 N–H and O–H groups in total. The molecule has 0 bridgehead atoms. The van der Waals surface area contributed by atoms with Gasteiger partial charge in [0.1, 0.15) is 12.3 Å². The first-order chi connectivity index (χ1) is 12.2. The van der Waals surface area contributed by atoms with Crippen LogP contribution >= 0.6 is 0 Å². The molecule has 0 unspecified atom stereocenters. The maximum atomic E-state index is 16.7. The zero-order valence-corrected chi connectivity index (χ0v) is 15.6. The molecule has 0 aromatic carbocycles. The second-order valence-corrected chi connectivity index (χ2v) is 9.47. The first kappa shape index (κ1) is 18.3. The van der Waals surface area contributed by atoms with Crippen LogP contribution in [0.2, 0.25) is 0 Å². The second kappa shape index (κ2) is 5.71. The van der Waals surface area contributed by atoms with Crippen LogP contribution < -0.4 is 0 Å². The van der Waals surface area contributed by atoms with Crippen molar-refractivity contribution in [2.75, 3.05) is 6.61 Å². The number of rotatable bonds is 2. The van der Waals surface area contributed by atoms with Gasteiger partial charge in [0.05, 0.1) is 6.10 Å². The van der Waals surface area contributed by atoms with Crippen molar-refractivity contribution in [1.29, 1.82) is 0 Å². The first-order valence-corrected chi connectivity index (χ1v) is 9.93. The number of aliphatic hydroxyl groups excluding tert-OH is 2. The van der Waals surface area contributed by atoms with Gasteiger partial charge < -0.3 is 10.2 Å². The number of carbonyl (C=O) groups is 2. The quantitative estimate of drug-likeness (QED) is 0.790. The van der Waals surface area contributed by atoms with E-state index in [1.165, 1.54) is 0 Å². The molecule has 5 heteroatoms. The number of ketones is 2. The third kappa shape index (κ3) is 2.07. The Morgan fingerprint density at radius 2 is 1.96 bits per heavy atom. The van der Waals surface area contributed by atoms with Crippen LogP contribution in [0.5, 0.6) is 0 Å². The van der Waals surface area contributed by atoms with Crippen molar-refractivity contribution in [1.82, 2.24) is 0 Å². The fourth-order valence-corrected chi connectivity index (χ4v) is 7.21. The first-order valence-electron chi connectivity index (χ1n) is 9.93. The molecule has 0 amide bonds. The van der Waals surface area contributed by atoms with E-state index in [1.807, 2.05) is 13.8 Å². The molecule has 26 heavy (non-hydrogen) atoms. The monoisotopic (exact) mass is 364 g/mol. The fourth-order valence-electron chi connectivity index (χ4n) is 7.21. The Labute approximate surface area is 153 Å². The highest BCUT2D eigenvalue weighted by atomic mass is 19.1. The van der Waals surface area contributed by atoms with E-state index in [0.717, 1.165) is 12.0 Å². The van der Waals surface area contributed by atoms with Gasteiger partial charge in [0, 0.05) is 23.7 Å². The summed E-state index contributed by atoms with van der Waals surface area (Å²) in [4.78, 5) is 24.1. The Hall–Kier alpha value is -1.07. The summed E-state index contributed by atoms with van der Waals surface area (Å²) in [5, 5.41) is 20.4. The van der Waals surface area contributed by atoms with Gasteiger partial charge in [-0.3, -0.25) is 9.59 Å². The molecule has 4 nitrogen and oxygen atoms in total. The molecule has 4 rings (SSSR count). The number of alkyl halides is 1. The summed E-state index contributed by atoms with van der Waals surface area (Å²) >= 11 is 0. The minimum atomic E-state index is -1.75. The van der Waals surface area contributed by atoms with Crippen LogP contribution in [0.25, 0.3) is 0 Å². The van der Waals surface area contributed by atoms with Gasteiger partial charge in [-0.1, -0.05) is 19.4 Å². The van der Waals surface area contributed by atoms with Crippen LogP contribution in [-0.4, -0.2) is 40.2 Å². The fraction of sp³-hybridized carbons (Fsp3) is 0.810. The molecular weight excluding hydrogens is 335 g/mol. The SMILES string of the molecule is C[C@]12C[C@@H](O)[C@@]3(F)[C@@H](CCC4=CC(=O)CC[C@@]43C)[C@@H]1CC[C@@H]2C(=O)CO. The highest BCUT2D eigenvalue weighted by molar-refractivity contribution is 5.91. The lowest BCUT2D eigenvalue weighted by atomic mass is 9.44. The molecule has 0 aliphatic heterocycles. The topological polar surface area (TPSA) is 74.6 Å². The van der Waals surface area contributed by atoms with E-state index in [0.29, 0.717) is 32.1 Å². The van der Waals surface area contributed by atoms with Crippen LogP contribution in [0.3, 0.4) is 0 Å². The number of hydrogen-bond acceptors (Lipinski definition) is 4. The summed E-state index contributed by atoms with van der Waals surface area (Å²) < 4.78 is 16.7. The van der Waals surface area contributed by atoms with Gasteiger partial charge in [-0.15, -0.1) is 0 Å². The van der Waals surface area contributed by atoms with E-state index >= 15 is 4.39 Å². The summed E-state index contributed by atoms with van der Waals surface area (Å²) in [7, 11) is 0. The Balaban J connectivity index is 1.77. The van der Waals surface area contributed by atoms with Gasteiger partial charge in [-0.2, -0.15) is 0 Å². The smallest absolute Gasteiger partial charge is 0.161 e. The normalized spacial score (nSPS) is 50.5. The zero-order chi connectivity index (χ0) is 18.9. The summed E-state index contributed by atoms with van der Waals surface area (Å²) in [5.41, 5.74) is -2.15. The predicted octanol–water partition coefficient (Wildman–Crippen LogP) is 2.76. The summed E-state index contributed by atoms with van der Waals surface area (Å²) in [6.45, 7) is 3.40. The number of carbonyl (C=O) groups excluding carboxylic acids is 2. The standard InChI is InChI=1S/C21H29FO4/c1-19-10-18(26)21(22)15(14(19)5-6-16(19)17(25)11-23)4-3-12-9-13(24)7-8-20(12,21)2/h9,14-16,18,23,26H,3-8,10-11H2,1-2H3/t14-,15-,16+,18+,19-,20-,21-/m0/s1. The van der Waals surface area contributed by atoms with E-state index in [2.05, 4.69) is 0 Å². The van der Waals surface area contributed by atoms with Crippen LogP contribution in [-0.2, 0) is 9.59 Å². The molecule has 144 valence electrons. The van der Waals surface area contributed by atoms with Gasteiger partial charge in [-0.05, 0) is 55.9 Å². The number of Topliss-reactive ketones (excluding diaryl/α,β-unsaturated/α-hetero) is 1. The van der Waals surface area contributed by atoms with Gasteiger partial charge >= 0.3 is 0 Å². The molecule has 0 aromatic heterocycles. The molecule has 3 saturated carbocycles. The molecule has 0 spiro atoms. The van der Waals surface area contributed by atoms with Crippen molar-refractivity contribution in [2.45, 2.75) is 70.6 Å². The average molecular weight is 364 g/mol. The lowest BCUT2D eigenvalue weighted by Gasteiger charge is -2.62. The number of fused-ring (bicyclic) bond motifs is 5. The summed E-state index contributed by atoms with van der Waals surface area (Å²) in [5.74, 6) is -0.687. The maximum absolute atomic E-state index is 16.7. The number of aliphatic hydroxyl groups is 2. The lowest BCUT2D eigenvalue weighted by Crippen LogP contribution is -2.67. The van der Waals surface area contributed by atoms with Crippen molar-refractivity contribution >= 4 is 11.6 Å². The van der Waals surface area contributed by atoms with E-state index in [9.17, 15) is 19.8 Å². The average Bonchev–Trinajstić information content (AvgIpc) is 2.93. The Bertz CT molecular complexity index is 687. The molecule has 4 aliphatic carbocycles. The van der Waals surface area contributed by atoms with E-state index in [4.69, 9.17) is 0 Å². The molecule has 0 saturated heterocycles. The van der Waals surface area contributed by atoms with Gasteiger partial charge in [-0.25, -0.2) is 4.39 Å². The van der Waals surface area contributed by atoms with Crippen LogP contribution in [0.4, 0.5) is 4.39 Å². The van der Waals surface area contributed by atoms with Crippen LogP contribution in [0, 0.1) is 28.6 Å². The zero-order valence-electron chi connectivity index (χ0n) is 15.6. The highest BCUT2D eigenvalue weighted by Gasteiger charge is 2.71. The summed E-state index contributed by atoms with van der Waals surface area (Å²) in [6, 6.07) is 0. The van der Waals surface area contributed by atoms with Gasteiger partial charge in [0.15, 0.2) is 11.6 Å². The Morgan fingerprint density at radius 1 is 1.23 bits per heavy atom. The van der Waals surface area contributed by atoms with Crippen molar-refractivity contribution < 1.29 is 24.2 Å². The van der Waals surface area contributed by atoms with E-state index in [1.54, 1.807) is 6.08 Å². The molecule has 7 atom stereocenters. The largest absolute Gasteiger partial charge is 0.390 e. The van der Waals surface area contributed by atoms with Gasteiger partial charge in [0.2, 0.25) is 0 Å². The van der Waals surface area contributed by atoms with Crippen LogP contribution in [0.15, 0.2) is 11.6 Å². The van der Waals surface area contributed by atoms with Crippen molar-refractivity contribution in [3.05, 3.63) is 11.6 Å². The third-order valence-corrected chi connectivity index (χ3v) is 8.58. The Kier molecular flexibility index (Phi) is 4.02. The van der Waals surface area contributed by atoms with Gasteiger partial charge in [0.25, 0.3) is 0 Å². The Morgan fingerprint density at radius 3 is 2.65 bits per heavy atom. The number of allylic oxidation sites excluding steroid dienone is 1. The molecular formula is C21H29FO4. The molecule has 4 aliphatic rings. The molecule has 0 radical (unpaired) electrons. The van der Waals surface area contributed by atoms with E-state index in [-0.39, 0.29) is 35.7 Å². The molecule has 3 fully saturated rings. The number of halogens is 1.